The number of amidine groups is 1. The molecule has 0 saturated carbocycles. The smallest absolute Gasteiger partial charge is 0.264 e. The lowest BCUT2D eigenvalue weighted by Crippen LogP contribution is -2.19. The minimum atomic E-state index is -0.210. The van der Waals surface area contributed by atoms with E-state index in [4.69, 9.17) is 22.8 Å². The third-order valence-electron chi connectivity index (χ3n) is 4.23. The van der Waals surface area contributed by atoms with E-state index < -0.39 is 0 Å². The van der Waals surface area contributed by atoms with Gasteiger partial charge in [-0.2, -0.15) is 0 Å². The number of fused-ring (bicyclic) bond motifs is 1. The molecule has 1 heterocycles. The summed E-state index contributed by atoms with van der Waals surface area (Å²) in [6, 6.07) is 18.8. The van der Waals surface area contributed by atoms with Crippen LogP contribution in [0.3, 0.4) is 0 Å². The number of benzene rings is 3. The van der Waals surface area contributed by atoms with Crippen LogP contribution >= 0.6 is 23.4 Å². The van der Waals surface area contributed by atoms with E-state index in [9.17, 15) is 4.79 Å². The van der Waals surface area contributed by atoms with E-state index in [0.29, 0.717) is 26.5 Å². The van der Waals surface area contributed by atoms with Crippen molar-refractivity contribution in [3.63, 3.8) is 0 Å². The summed E-state index contributed by atoms with van der Waals surface area (Å²) in [5, 5.41) is 5.96. The SMILES string of the molecule is C#CCOc1ccc2ccccc2c1C=C1SC(=Nc2ccc(Cl)cc2)NC1=O. The molecule has 1 saturated heterocycles. The van der Waals surface area contributed by atoms with Crippen LogP contribution in [0.4, 0.5) is 5.69 Å². The van der Waals surface area contributed by atoms with Crippen LogP contribution < -0.4 is 10.1 Å². The van der Waals surface area contributed by atoms with Crippen molar-refractivity contribution in [2.75, 3.05) is 6.61 Å². The van der Waals surface area contributed by atoms with Crippen molar-refractivity contribution < 1.29 is 9.53 Å². The van der Waals surface area contributed by atoms with E-state index in [1.165, 1.54) is 11.8 Å². The Morgan fingerprint density at radius 2 is 1.93 bits per heavy atom. The van der Waals surface area contributed by atoms with E-state index in [1.54, 1.807) is 24.3 Å². The molecule has 3 aromatic carbocycles. The standard InChI is InChI=1S/C23H15ClN2O2S/c1-2-13-28-20-12-7-15-5-3-4-6-18(15)19(20)14-21-22(27)26-23(29-21)25-17-10-8-16(24)9-11-17/h1,3-12,14H,13H2,(H,25,26,27). The maximum absolute atomic E-state index is 12.5. The second-order valence-electron chi connectivity index (χ2n) is 6.15. The third-order valence-corrected chi connectivity index (χ3v) is 5.39. The van der Waals surface area contributed by atoms with Gasteiger partial charge in [0.25, 0.3) is 5.91 Å². The van der Waals surface area contributed by atoms with Gasteiger partial charge in [0.15, 0.2) is 5.17 Å². The van der Waals surface area contributed by atoms with Crippen molar-refractivity contribution in [3.8, 4) is 18.1 Å². The van der Waals surface area contributed by atoms with E-state index in [-0.39, 0.29) is 12.5 Å². The van der Waals surface area contributed by atoms with Gasteiger partial charge in [-0.3, -0.25) is 4.79 Å². The molecule has 3 aromatic rings. The highest BCUT2D eigenvalue weighted by Gasteiger charge is 2.24. The quantitative estimate of drug-likeness (QED) is 0.456. The third kappa shape index (κ3) is 4.29. The Balaban J connectivity index is 1.72. The highest BCUT2D eigenvalue weighted by Crippen LogP contribution is 2.34. The Morgan fingerprint density at radius 1 is 1.14 bits per heavy atom. The average molecular weight is 419 g/mol. The van der Waals surface area contributed by atoms with Crippen LogP contribution in [-0.4, -0.2) is 17.7 Å². The summed E-state index contributed by atoms with van der Waals surface area (Å²) in [6.45, 7) is 0.150. The molecule has 1 amide bonds. The summed E-state index contributed by atoms with van der Waals surface area (Å²) < 4.78 is 5.71. The summed E-state index contributed by atoms with van der Waals surface area (Å²) in [4.78, 5) is 17.5. The maximum atomic E-state index is 12.5. The maximum Gasteiger partial charge on any atom is 0.264 e. The van der Waals surface area contributed by atoms with Crippen molar-refractivity contribution in [1.29, 1.82) is 0 Å². The molecule has 142 valence electrons. The van der Waals surface area contributed by atoms with Crippen molar-refractivity contribution in [2.24, 2.45) is 4.99 Å². The summed E-state index contributed by atoms with van der Waals surface area (Å²) in [5.41, 5.74) is 1.52. The number of amides is 1. The van der Waals surface area contributed by atoms with Gasteiger partial charge in [-0.25, -0.2) is 4.99 Å². The minimum Gasteiger partial charge on any atom is -0.480 e. The second-order valence-corrected chi connectivity index (χ2v) is 7.62. The van der Waals surface area contributed by atoms with E-state index in [1.807, 2.05) is 42.5 Å². The van der Waals surface area contributed by atoms with Crippen LogP contribution in [0.5, 0.6) is 5.75 Å². The number of terminal acetylenes is 1. The molecule has 1 fully saturated rings. The zero-order chi connectivity index (χ0) is 20.2. The van der Waals surface area contributed by atoms with Crippen LogP contribution in [-0.2, 0) is 4.79 Å². The first-order valence-electron chi connectivity index (χ1n) is 8.77. The molecule has 0 atom stereocenters. The number of hydrogen-bond donors (Lipinski definition) is 1. The van der Waals surface area contributed by atoms with Crippen LogP contribution in [0.25, 0.3) is 16.8 Å². The molecule has 4 rings (SSSR count). The lowest BCUT2D eigenvalue weighted by Gasteiger charge is -2.10. The molecule has 6 heteroatoms. The van der Waals surface area contributed by atoms with Gasteiger partial charge in [0.1, 0.15) is 12.4 Å². The normalized spacial score (nSPS) is 16.2. The molecule has 29 heavy (non-hydrogen) atoms. The molecule has 0 aromatic heterocycles. The van der Waals surface area contributed by atoms with Gasteiger partial charge in [-0.05, 0) is 58.9 Å². The topological polar surface area (TPSA) is 50.7 Å². The Bertz CT molecular complexity index is 1190. The summed E-state index contributed by atoms with van der Waals surface area (Å²) in [7, 11) is 0. The number of carbonyl (C=O) groups excluding carboxylic acids is 1. The van der Waals surface area contributed by atoms with Crippen molar-refractivity contribution in [1.82, 2.24) is 5.32 Å². The summed E-state index contributed by atoms with van der Waals surface area (Å²) >= 11 is 7.18. The number of aliphatic imine (C=N–C) groups is 1. The van der Waals surface area contributed by atoms with Gasteiger partial charge < -0.3 is 10.1 Å². The molecule has 0 unspecified atom stereocenters. The van der Waals surface area contributed by atoms with Crippen molar-refractivity contribution in [3.05, 3.63) is 76.2 Å². The van der Waals surface area contributed by atoms with Gasteiger partial charge >= 0.3 is 0 Å². The van der Waals surface area contributed by atoms with E-state index in [2.05, 4.69) is 16.2 Å². The Kier molecular flexibility index (Phi) is 5.57. The molecule has 1 N–H and O–H groups in total. The van der Waals surface area contributed by atoms with Crippen LogP contribution in [0.2, 0.25) is 5.02 Å². The Labute approximate surface area is 177 Å². The first kappa shape index (κ1) is 19.1. The van der Waals surface area contributed by atoms with Gasteiger partial charge in [-0.1, -0.05) is 47.9 Å². The molecule has 0 radical (unpaired) electrons. The fourth-order valence-corrected chi connectivity index (χ4v) is 3.86. The lowest BCUT2D eigenvalue weighted by atomic mass is 10.0. The Hall–Kier alpha value is -3.20. The van der Waals surface area contributed by atoms with Crippen LogP contribution in [0, 0.1) is 12.3 Å². The van der Waals surface area contributed by atoms with Gasteiger partial charge in [0.2, 0.25) is 0 Å². The number of ether oxygens (including phenoxy) is 1. The van der Waals surface area contributed by atoms with Crippen LogP contribution in [0.15, 0.2) is 70.6 Å². The van der Waals surface area contributed by atoms with Gasteiger partial charge in [0.05, 0.1) is 10.6 Å². The molecule has 0 bridgehead atoms. The number of halogens is 1. The van der Waals surface area contributed by atoms with E-state index in [0.717, 1.165) is 16.3 Å². The molecule has 0 spiro atoms. The second kappa shape index (κ2) is 8.44. The highest BCUT2D eigenvalue weighted by molar-refractivity contribution is 8.18. The predicted molar refractivity (Wildman–Crippen MR) is 121 cm³/mol. The number of hydrogen-bond acceptors (Lipinski definition) is 4. The minimum absolute atomic E-state index is 0.150. The van der Waals surface area contributed by atoms with E-state index >= 15 is 0 Å². The first-order valence-corrected chi connectivity index (χ1v) is 9.96. The number of rotatable bonds is 4. The molecule has 0 aliphatic carbocycles. The molecule has 1 aliphatic rings. The fourth-order valence-electron chi connectivity index (χ4n) is 2.91. The highest BCUT2D eigenvalue weighted by atomic mass is 35.5. The zero-order valence-electron chi connectivity index (χ0n) is 15.2. The number of thioether (sulfide) groups is 1. The molecular weight excluding hydrogens is 404 g/mol. The monoisotopic (exact) mass is 418 g/mol. The van der Waals surface area contributed by atoms with Gasteiger partial charge in [-0.15, -0.1) is 6.42 Å². The number of nitrogens with one attached hydrogen (secondary N) is 1. The average Bonchev–Trinajstić information content (AvgIpc) is 3.08. The Morgan fingerprint density at radius 3 is 2.72 bits per heavy atom. The molecular formula is C23H15ClN2O2S. The summed E-state index contributed by atoms with van der Waals surface area (Å²) in [5.74, 6) is 2.90. The number of carbonyl (C=O) groups is 1. The van der Waals surface area contributed by atoms with Gasteiger partial charge in [0, 0.05) is 10.6 Å². The first-order chi connectivity index (χ1) is 14.1. The molecule has 4 nitrogen and oxygen atoms in total. The number of nitrogens with zero attached hydrogens (tertiary/aromatic N) is 1. The zero-order valence-corrected chi connectivity index (χ0v) is 16.8. The van der Waals surface area contributed by atoms with Crippen molar-refractivity contribution >= 4 is 57.0 Å². The van der Waals surface area contributed by atoms with Crippen LogP contribution in [0.1, 0.15) is 5.56 Å². The lowest BCUT2D eigenvalue weighted by molar-refractivity contribution is -0.115. The molecule has 1 aliphatic heterocycles. The summed E-state index contributed by atoms with van der Waals surface area (Å²) in [6.07, 6.45) is 7.16. The van der Waals surface area contributed by atoms with Crippen molar-refractivity contribution in [2.45, 2.75) is 0 Å². The fraction of sp³-hybridized carbons (Fsp3) is 0.0435. The predicted octanol–water partition coefficient (Wildman–Crippen LogP) is 5.40. The largest absolute Gasteiger partial charge is 0.480 e.